The van der Waals surface area contributed by atoms with E-state index in [-0.39, 0.29) is 5.91 Å². The molecule has 0 aromatic heterocycles. The number of rotatable bonds is 5. The molecule has 1 aliphatic heterocycles. The van der Waals surface area contributed by atoms with E-state index in [0.717, 1.165) is 36.2 Å². The van der Waals surface area contributed by atoms with E-state index in [2.05, 4.69) is 52.8 Å². The quantitative estimate of drug-likeness (QED) is 0.634. The van der Waals surface area contributed by atoms with Crippen molar-refractivity contribution in [3.63, 3.8) is 0 Å². The number of amides is 1. The van der Waals surface area contributed by atoms with Gasteiger partial charge in [0.25, 0.3) is 0 Å². The molecule has 1 heterocycles. The van der Waals surface area contributed by atoms with Crippen LogP contribution in [0.1, 0.15) is 41.5 Å². The smallest absolute Gasteiger partial charge is 0.222 e. The van der Waals surface area contributed by atoms with Crippen LogP contribution in [0.3, 0.4) is 0 Å². The Bertz CT molecular complexity index is 857. The number of anilines is 1. The first-order chi connectivity index (χ1) is 13.2. The minimum Gasteiger partial charge on any atom is -0.370 e. The van der Waals surface area contributed by atoms with Crippen LogP contribution >= 0.6 is 0 Å². The average Bonchev–Trinajstić information content (AvgIpc) is 3.30. The van der Waals surface area contributed by atoms with Gasteiger partial charge in [-0.25, -0.2) is 4.99 Å². The normalized spacial score (nSPS) is 16.7. The number of nitrogens with one attached hydrogen (secondary N) is 1. The molecular formula is C22H26N4O. The van der Waals surface area contributed by atoms with Gasteiger partial charge in [-0.1, -0.05) is 30.3 Å². The number of nitrogens with two attached hydrogens (primary N) is 1. The lowest BCUT2D eigenvalue weighted by molar-refractivity contribution is -0.128. The van der Waals surface area contributed by atoms with Gasteiger partial charge in [0.05, 0.1) is 6.54 Å². The lowest BCUT2D eigenvalue weighted by Crippen LogP contribution is -2.23. The van der Waals surface area contributed by atoms with Gasteiger partial charge >= 0.3 is 0 Å². The summed E-state index contributed by atoms with van der Waals surface area (Å²) in [7, 11) is 0. The second-order valence-corrected chi connectivity index (χ2v) is 7.40. The third-order valence-electron chi connectivity index (χ3n) is 5.37. The van der Waals surface area contributed by atoms with Gasteiger partial charge in [-0.15, -0.1) is 0 Å². The third kappa shape index (κ3) is 4.30. The standard InChI is InChI=1S/C22H26N4O/c23-22(25-20-11-10-18-3-1-4-19(18)13-20)24-14-16-6-8-17(9-7-16)15-26-12-2-5-21(26)27/h6-11,13H,1-5,12,14-15H2,(H3,23,24,25). The van der Waals surface area contributed by atoms with Crippen LogP contribution in [0, 0.1) is 0 Å². The molecule has 0 radical (unpaired) electrons. The monoisotopic (exact) mass is 362 g/mol. The first-order valence-electron chi connectivity index (χ1n) is 9.72. The molecule has 5 nitrogen and oxygen atoms in total. The van der Waals surface area contributed by atoms with Gasteiger partial charge in [-0.3, -0.25) is 4.79 Å². The van der Waals surface area contributed by atoms with Crippen molar-refractivity contribution >= 4 is 17.6 Å². The van der Waals surface area contributed by atoms with Crippen LogP contribution in [0.15, 0.2) is 47.5 Å². The highest BCUT2D eigenvalue weighted by atomic mass is 16.2. The van der Waals surface area contributed by atoms with Crippen molar-refractivity contribution in [1.29, 1.82) is 0 Å². The number of carbonyl (C=O) groups excluding carboxylic acids is 1. The van der Waals surface area contributed by atoms with Crippen molar-refractivity contribution in [3.8, 4) is 0 Å². The zero-order valence-corrected chi connectivity index (χ0v) is 15.6. The number of nitrogens with zero attached hydrogens (tertiary/aromatic N) is 2. The number of likely N-dealkylation sites (tertiary alicyclic amines) is 1. The van der Waals surface area contributed by atoms with Crippen molar-refractivity contribution < 1.29 is 4.79 Å². The second-order valence-electron chi connectivity index (χ2n) is 7.40. The number of carbonyl (C=O) groups is 1. The summed E-state index contributed by atoms with van der Waals surface area (Å²) < 4.78 is 0. The molecule has 0 saturated carbocycles. The lowest BCUT2D eigenvalue weighted by atomic mass is 10.1. The van der Waals surface area contributed by atoms with Gasteiger partial charge in [-0.2, -0.15) is 0 Å². The molecule has 4 rings (SSSR count). The molecule has 2 aliphatic rings. The highest BCUT2D eigenvalue weighted by molar-refractivity contribution is 5.92. The Hall–Kier alpha value is -2.82. The molecule has 1 fully saturated rings. The molecule has 5 heteroatoms. The minimum atomic E-state index is 0.258. The first kappa shape index (κ1) is 17.6. The Balaban J connectivity index is 1.32. The molecule has 2 aromatic rings. The van der Waals surface area contributed by atoms with Crippen molar-refractivity contribution in [2.24, 2.45) is 10.7 Å². The van der Waals surface area contributed by atoms with Crippen LogP contribution in [-0.2, 0) is 30.7 Å². The predicted molar refractivity (Wildman–Crippen MR) is 109 cm³/mol. The molecule has 140 valence electrons. The topological polar surface area (TPSA) is 70.7 Å². The maximum atomic E-state index is 11.7. The molecular weight excluding hydrogens is 336 g/mol. The van der Waals surface area contributed by atoms with E-state index in [1.165, 1.54) is 24.0 Å². The number of aliphatic imine (C=N–C) groups is 1. The largest absolute Gasteiger partial charge is 0.370 e. The van der Waals surface area contributed by atoms with Gasteiger partial charge in [0.2, 0.25) is 5.91 Å². The number of benzene rings is 2. The average molecular weight is 362 g/mol. The van der Waals surface area contributed by atoms with Gasteiger partial charge in [0.15, 0.2) is 5.96 Å². The Morgan fingerprint density at radius 2 is 1.78 bits per heavy atom. The van der Waals surface area contributed by atoms with E-state index in [0.29, 0.717) is 25.5 Å². The summed E-state index contributed by atoms with van der Waals surface area (Å²) in [5, 5.41) is 3.19. The molecule has 27 heavy (non-hydrogen) atoms. The van der Waals surface area contributed by atoms with Crippen LogP contribution in [0.25, 0.3) is 0 Å². The van der Waals surface area contributed by atoms with Crippen LogP contribution in [0.5, 0.6) is 0 Å². The van der Waals surface area contributed by atoms with Gasteiger partial charge in [0.1, 0.15) is 0 Å². The maximum Gasteiger partial charge on any atom is 0.222 e. The summed E-state index contributed by atoms with van der Waals surface area (Å²) in [6.07, 6.45) is 5.23. The zero-order chi connectivity index (χ0) is 18.6. The molecule has 0 atom stereocenters. The van der Waals surface area contributed by atoms with Crippen molar-refractivity contribution in [3.05, 3.63) is 64.7 Å². The van der Waals surface area contributed by atoms with E-state index in [9.17, 15) is 4.79 Å². The summed E-state index contributed by atoms with van der Waals surface area (Å²) in [6.45, 7) is 2.10. The Morgan fingerprint density at radius 3 is 2.56 bits per heavy atom. The number of fused-ring (bicyclic) bond motifs is 1. The summed E-state index contributed by atoms with van der Waals surface area (Å²) in [6, 6.07) is 14.7. The molecule has 3 N–H and O–H groups in total. The number of guanidine groups is 1. The number of hydrogen-bond acceptors (Lipinski definition) is 2. The van der Waals surface area contributed by atoms with E-state index in [4.69, 9.17) is 5.73 Å². The van der Waals surface area contributed by atoms with Crippen LogP contribution in [-0.4, -0.2) is 23.3 Å². The van der Waals surface area contributed by atoms with Crippen molar-refractivity contribution in [2.75, 3.05) is 11.9 Å². The number of hydrogen-bond donors (Lipinski definition) is 2. The molecule has 1 amide bonds. The van der Waals surface area contributed by atoms with Crippen molar-refractivity contribution in [2.45, 2.75) is 45.2 Å². The summed E-state index contributed by atoms with van der Waals surface area (Å²) in [5.41, 5.74) is 12.2. The Kier molecular flexibility index (Phi) is 5.10. The molecule has 1 saturated heterocycles. The lowest BCUT2D eigenvalue weighted by Gasteiger charge is -2.15. The fourth-order valence-electron chi connectivity index (χ4n) is 3.86. The van der Waals surface area contributed by atoms with Crippen LogP contribution in [0.2, 0.25) is 0 Å². The first-order valence-corrected chi connectivity index (χ1v) is 9.72. The SMILES string of the molecule is NC(=NCc1ccc(CN2CCCC2=O)cc1)Nc1ccc2c(c1)CCC2. The van der Waals surface area contributed by atoms with E-state index >= 15 is 0 Å². The molecule has 0 unspecified atom stereocenters. The second kappa shape index (κ2) is 7.82. The third-order valence-corrected chi connectivity index (χ3v) is 5.37. The van der Waals surface area contributed by atoms with Crippen LogP contribution < -0.4 is 11.1 Å². The highest BCUT2D eigenvalue weighted by Crippen LogP contribution is 2.24. The van der Waals surface area contributed by atoms with E-state index in [1.54, 1.807) is 0 Å². The van der Waals surface area contributed by atoms with Crippen LogP contribution in [0.4, 0.5) is 5.69 Å². The minimum absolute atomic E-state index is 0.258. The predicted octanol–water partition coefficient (Wildman–Crippen LogP) is 3.22. The van der Waals surface area contributed by atoms with Crippen molar-refractivity contribution in [1.82, 2.24) is 4.90 Å². The zero-order valence-electron chi connectivity index (χ0n) is 15.6. The molecule has 0 bridgehead atoms. The van der Waals surface area contributed by atoms with Gasteiger partial charge in [0, 0.05) is 25.2 Å². The summed E-state index contributed by atoms with van der Waals surface area (Å²) >= 11 is 0. The van der Waals surface area contributed by atoms with Gasteiger partial charge in [-0.05, 0) is 60.1 Å². The molecule has 2 aromatic carbocycles. The summed E-state index contributed by atoms with van der Waals surface area (Å²) in [4.78, 5) is 18.1. The van der Waals surface area contributed by atoms with Gasteiger partial charge < -0.3 is 16.0 Å². The maximum absolute atomic E-state index is 11.7. The fraction of sp³-hybridized carbons (Fsp3) is 0.364. The molecule has 1 aliphatic carbocycles. The Morgan fingerprint density at radius 1 is 1.00 bits per heavy atom. The number of aryl methyl sites for hydroxylation is 2. The van der Waals surface area contributed by atoms with E-state index in [1.807, 2.05) is 4.90 Å². The van der Waals surface area contributed by atoms with E-state index < -0.39 is 0 Å². The Labute approximate surface area is 160 Å². The molecule has 0 spiro atoms. The summed E-state index contributed by atoms with van der Waals surface area (Å²) in [5.74, 6) is 0.689. The fourth-order valence-corrected chi connectivity index (χ4v) is 3.86. The highest BCUT2D eigenvalue weighted by Gasteiger charge is 2.19.